The standard InChI is InChI=1S/C18H25N3O3/c22-11-14-9-21(16(23)8-12-4-2-1-3-5-12)10-15(14)18-19-17(20-24-18)13-6-7-13/h4,13-15,22H,1-3,5-11H2/t14-,15+/m0/s1. The van der Waals surface area contributed by atoms with Crippen LogP contribution in [0.3, 0.4) is 0 Å². The number of carbonyl (C=O) groups excluding carboxylic acids is 1. The van der Waals surface area contributed by atoms with Gasteiger partial charge in [0, 0.05) is 38.0 Å². The number of likely N-dealkylation sites (tertiary alicyclic amines) is 1. The van der Waals surface area contributed by atoms with Crippen molar-refractivity contribution in [2.75, 3.05) is 19.7 Å². The van der Waals surface area contributed by atoms with Crippen LogP contribution >= 0.6 is 0 Å². The van der Waals surface area contributed by atoms with E-state index in [1.165, 1.54) is 18.4 Å². The summed E-state index contributed by atoms with van der Waals surface area (Å²) >= 11 is 0. The van der Waals surface area contributed by atoms with Gasteiger partial charge in [-0.05, 0) is 38.5 Å². The van der Waals surface area contributed by atoms with Crippen molar-refractivity contribution in [1.29, 1.82) is 0 Å². The second kappa shape index (κ2) is 6.67. The Morgan fingerprint density at radius 3 is 2.92 bits per heavy atom. The van der Waals surface area contributed by atoms with Crippen molar-refractivity contribution >= 4 is 5.91 Å². The fourth-order valence-electron chi connectivity index (χ4n) is 3.82. The number of amides is 1. The van der Waals surface area contributed by atoms with E-state index in [1.54, 1.807) is 0 Å². The average Bonchev–Trinajstić information content (AvgIpc) is 3.18. The summed E-state index contributed by atoms with van der Waals surface area (Å²) in [6.45, 7) is 1.19. The number of aromatic nitrogens is 2. The van der Waals surface area contributed by atoms with Crippen LogP contribution in [-0.4, -0.2) is 45.8 Å². The molecule has 24 heavy (non-hydrogen) atoms. The van der Waals surface area contributed by atoms with Crippen LogP contribution in [0.2, 0.25) is 0 Å². The number of nitrogens with zero attached hydrogens (tertiary/aromatic N) is 3. The predicted molar refractivity (Wildman–Crippen MR) is 87.3 cm³/mol. The molecule has 2 heterocycles. The quantitative estimate of drug-likeness (QED) is 0.838. The number of aliphatic hydroxyl groups is 1. The maximum absolute atomic E-state index is 12.6. The van der Waals surface area contributed by atoms with Crippen molar-refractivity contribution in [2.24, 2.45) is 5.92 Å². The first-order valence-corrected chi connectivity index (χ1v) is 9.14. The summed E-state index contributed by atoms with van der Waals surface area (Å²) in [7, 11) is 0. The van der Waals surface area contributed by atoms with Crippen LogP contribution in [0, 0.1) is 5.92 Å². The highest BCUT2D eigenvalue weighted by molar-refractivity contribution is 5.79. The van der Waals surface area contributed by atoms with Gasteiger partial charge in [0.25, 0.3) is 0 Å². The Morgan fingerprint density at radius 2 is 2.21 bits per heavy atom. The summed E-state index contributed by atoms with van der Waals surface area (Å²) < 4.78 is 5.44. The van der Waals surface area contributed by atoms with E-state index < -0.39 is 0 Å². The van der Waals surface area contributed by atoms with Crippen molar-refractivity contribution in [1.82, 2.24) is 15.0 Å². The van der Waals surface area contributed by atoms with Crippen molar-refractivity contribution in [3.05, 3.63) is 23.4 Å². The molecule has 4 rings (SSSR count). The molecule has 0 spiro atoms. The molecule has 1 aromatic heterocycles. The zero-order valence-electron chi connectivity index (χ0n) is 14.0. The Bertz CT molecular complexity index is 635. The lowest BCUT2D eigenvalue weighted by atomic mass is 9.97. The van der Waals surface area contributed by atoms with Crippen LogP contribution in [0.4, 0.5) is 0 Å². The van der Waals surface area contributed by atoms with E-state index in [-0.39, 0.29) is 24.3 Å². The molecule has 0 radical (unpaired) electrons. The van der Waals surface area contributed by atoms with E-state index in [1.807, 2.05) is 4.90 Å². The molecule has 6 heteroatoms. The summed E-state index contributed by atoms with van der Waals surface area (Å²) in [5.41, 5.74) is 1.27. The van der Waals surface area contributed by atoms with Gasteiger partial charge in [0.1, 0.15) is 0 Å². The van der Waals surface area contributed by atoms with E-state index in [0.29, 0.717) is 31.3 Å². The third-order valence-electron chi connectivity index (χ3n) is 5.51. The van der Waals surface area contributed by atoms with Crippen molar-refractivity contribution in [3.8, 4) is 0 Å². The molecule has 1 aromatic rings. The molecule has 1 amide bonds. The van der Waals surface area contributed by atoms with Crippen LogP contribution in [0.5, 0.6) is 0 Å². The van der Waals surface area contributed by atoms with Crippen molar-refractivity contribution in [2.45, 2.75) is 56.8 Å². The van der Waals surface area contributed by atoms with Gasteiger partial charge < -0.3 is 14.5 Å². The molecule has 1 saturated carbocycles. The third-order valence-corrected chi connectivity index (χ3v) is 5.51. The number of aliphatic hydroxyl groups excluding tert-OH is 1. The molecule has 1 aliphatic heterocycles. The number of allylic oxidation sites excluding steroid dienone is 1. The number of carbonyl (C=O) groups is 1. The monoisotopic (exact) mass is 331 g/mol. The molecule has 2 aliphatic carbocycles. The van der Waals surface area contributed by atoms with E-state index in [9.17, 15) is 9.90 Å². The van der Waals surface area contributed by atoms with Crippen LogP contribution in [0.25, 0.3) is 0 Å². The Morgan fingerprint density at radius 1 is 1.33 bits per heavy atom. The van der Waals surface area contributed by atoms with E-state index in [2.05, 4.69) is 16.2 Å². The fourth-order valence-corrected chi connectivity index (χ4v) is 3.82. The Balaban J connectivity index is 1.42. The molecule has 0 aromatic carbocycles. The van der Waals surface area contributed by atoms with E-state index in [4.69, 9.17) is 4.52 Å². The minimum atomic E-state index is -0.0423. The average molecular weight is 331 g/mol. The van der Waals surface area contributed by atoms with Gasteiger partial charge in [0.05, 0.1) is 5.92 Å². The van der Waals surface area contributed by atoms with Crippen LogP contribution in [0.15, 0.2) is 16.2 Å². The Labute approximate surface area is 141 Å². The zero-order valence-corrected chi connectivity index (χ0v) is 14.0. The van der Waals surface area contributed by atoms with E-state index >= 15 is 0 Å². The van der Waals surface area contributed by atoms with Gasteiger partial charge in [-0.2, -0.15) is 4.98 Å². The van der Waals surface area contributed by atoms with E-state index in [0.717, 1.165) is 31.5 Å². The lowest BCUT2D eigenvalue weighted by molar-refractivity contribution is -0.129. The van der Waals surface area contributed by atoms with Crippen LogP contribution in [0.1, 0.15) is 68.5 Å². The van der Waals surface area contributed by atoms with Crippen molar-refractivity contribution in [3.63, 3.8) is 0 Å². The summed E-state index contributed by atoms with van der Waals surface area (Å²) in [6.07, 6.45) is 9.56. The maximum atomic E-state index is 12.6. The number of hydrogen-bond acceptors (Lipinski definition) is 5. The molecule has 3 aliphatic rings. The maximum Gasteiger partial charge on any atom is 0.231 e. The topological polar surface area (TPSA) is 79.5 Å². The molecular weight excluding hydrogens is 306 g/mol. The van der Waals surface area contributed by atoms with Crippen LogP contribution < -0.4 is 0 Å². The molecule has 2 atom stereocenters. The molecule has 1 saturated heterocycles. The van der Waals surface area contributed by atoms with Crippen molar-refractivity contribution < 1.29 is 14.4 Å². The fraction of sp³-hybridized carbons (Fsp3) is 0.722. The summed E-state index contributed by atoms with van der Waals surface area (Å²) in [5, 5.41) is 13.8. The number of rotatable bonds is 5. The largest absolute Gasteiger partial charge is 0.396 e. The summed E-state index contributed by atoms with van der Waals surface area (Å²) in [5.74, 6) is 1.93. The van der Waals surface area contributed by atoms with Gasteiger partial charge in [-0.25, -0.2) is 0 Å². The molecule has 130 valence electrons. The highest BCUT2D eigenvalue weighted by atomic mass is 16.5. The summed E-state index contributed by atoms with van der Waals surface area (Å²) in [6, 6.07) is 0. The smallest absolute Gasteiger partial charge is 0.231 e. The first-order valence-electron chi connectivity index (χ1n) is 9.14. The highest BCUT2D eigenvalue weighted by Crippen LogP contribution is 2.40. The first kappa shape index (κ1) is 15.8. The lowest BCUT2D eigenvalue weighted by Gasteiger charge is -2.18. The number of hydrogen-bond donors (Lipinski definition) is 1. The van der Waals surface area contributed by atoms with Gasteiger partial charge in [-0.15, -0.1) is 0 Å². The normalized spacial score (nSPS) is 27.4. The SMILES string of the molecule is O=C(CC1=CCCCC1)N1C[C@@H](CO)[C@H](c2nc(C3CC3)no2)C1. The second-order valence-electron chi connectivity index (χ2n) is 7.40. The van der Waals surface area contributed by atoms with Gasteiger partial charge in [0.2, 0.25) is 11.8 Å². The Hall–Kier alpha value is -1.69. The lowest BCUT2D eigenvalue weighted by Crippen LogP contribution is -2.29. The highest BCUT2D eigenvalue weighted by Gasteiger charge is 2.40. The first-order chi connectivity index (χ1) is 11.7. The minimum absolute atomic E-state index is 0.0122. The second-order valence-corrected chi connectivity index (χ2v) is 7.40. The summed E-state index contributed by atoms with van der Waals surface area (Å²) in [4.78, 5) is 19.0. The molecule has 2 fully saturated rings. The van der Waals surface area contributed by atoms with Gasteiger partial charge >= 0.3 is 0 Å². The van der Waals surface area contributed by atoms with Gasteiger partial charge in [0.15, 0.2) is 5.82 Å². The molecular formula is C18H25N3O3. The van der Waals surface area contributed by atoms with Gasteiger partial charge in [-0.1, -0.05) is 16.8 Å². The molecule has 0 unspecified atom stereocenters. The zero-order chi connectivity index (χ0) is 16.5. The molecule has 0 bridgehead atoms. The predicted octanol–water partition coefficient (Wildman–Crippen LogP) is 2.37. The third kappa shape index (κ3) is 3.24. The molecule has 6 nitrogen and oxygen atoms in total. The Kier molecular flexibility index (Phi) is 4.39. The van der Waals surface area contributed by atoms with Gasteiger partial charge in [-0.3, -0.25) is 4.79 Å². The van der Waals surface area contributed by atoms with Crippen LogP contribution in [-0.2, 0) is 4.79 Å². The minimum Gasteiger partial charge on any atom is -0.396 e. The molecule has 1 N–H and O–H groups in total.